The van der Waals surface area contributed by atoms with E-state index in [1.54, 1.807) is 26.0 Å². The molecule has 1 heterocycles. The topological polar surface area (TPSA) is 128 Å². The summed E-state index contributed by atoms with van der Waals surface area (Å²) in [4.78, 5) is 37.0. The summed E-state index contributed by atoms with van der Waals surface area (Å²) < 4.78 is 37.8. The minimum Gasteiger partial charge on any atom is -0.497 e. The molecule has 0 fully saturated rings. The Morgan fingerprint density at radius 2 is 1.72 bits per heavy atom. The Bertz CT molecular complexity index is 1060. The van der Waals surface area contributed by atoms with Gasteiger partial charge in [0.2, 0.25) is 21.7 Å². The lowest BCUT2D eigenvalue weighted by Crippen LogP contribution is -2.45. The molecule has 2 rings (SSSR count). The molecule has 1 amide bonds. The third kappa shape index (κ3) is 7.14. The van der Waals surface area contributed by atoms with Crippen molar-refractivity contribution in [2.75, 3.05) is 13.7 Å². The van der Waals surface area contributed by atoms with Gasteiger partial charge >= 0.3 is 5.97 Å². The number of thiophene rings is 1. The SMILES string of the molecule is COc1ccc(S(=O)(=O)N[C@H](C(=O)OCC(=O)c2ccc(CNC(C)=O)s2)C(C)C)cc1. The molecule has 1 aromatic heterocycles. The Morgan fingerprint density at radius 3 is 2.28 bits per heavy atom. The van der Waals surface area contributed by atoms with Crippen LogP contribution in [0.5, 0.6) is 5.75 Å². The number of Topliss-reactive ketones (excluding diaryl/α,β-unsaturated/α-hetero) is 1. The first-order valence-electron chi connectivity index (χ1n) is 9.73. The Kier molecular flexibility index (Phi) is 8.93. The maximum atomic E-state index is 12.7. The highest BCUT2D eigenvalue weighted by molar-refractivity contribution is 7.89. The number of methoxy groups -OCH3 is 1. The van der Waals surface area contributed by atoms with Crippen molar-refractivity contribution >= 4 is 39.0 Å². The Labute approximate surface area is 191 Å². The van der Waals surface area contributed by atoms with Crippen molar-refractivity contribution in [3.63, 3.8) is 0 Å². The fraction of sp³-hybridized carbons (Fsp3) is 0.381. The number of rotatable bonds is 11. The van der Waals surface area contributed by atoms with Crippen molar-refractivity contribution in [1.82, 2.24) is 10.0 Å². The van der Waals surface area contributed by atoms with E-state index in [-0.39, 0.29) is 10.8 Å². The van der Waals surface area contributed by atoms with Crippen molar-refractivity contribution < 1.29 is 32.3 Å². The number of ether oxygens (including phenoxy) is 2. The minimum absolute atomic E-state index is 0.0295. The lowest BCUT2D eigenvalue weighted by atomic mass is 10.1. The van der Waals surface area contributed by atoms with Crippen LogP contribution in [0.25, 0.3) is 0 Å². The molecule has 0 unspecified atom stereocenters. The zero-order chi connectivity index (χ0) is 23.9. The van der Waals surface area contributed by atoms with Gasteiger partial charge in [-0.25, -0.2) is 8.42 Å². The molecule has 1 aromatic carbocycles. The monoisotopic (exact) mass is 482 g/mol. The van der Waals surface area contributed by atoms with E-state index in [0.29, 0.717) is 17.2 Å². The molecule has 9 nitrogen and oxygen atoms in total. The van der Waals surface area contributed by atoms with E-state index >= 15 is 0 Å². The number of esters is 1. The molecule has 32 heavy (non-hydrogen) atoms. The molecule has 2 N–H and O–H groups in total. The van der Waals surface area contributed by atoms with Gasteiger partial charge in [0.15, 0.2) is 6.61 Å². The van der Waals surface area contributed by atoms with Crippen molar-refractivity contribution in [2.45, 2.75) is 38.3 Å². The van der Waals surface area contributed by atoms with E-state index in [2.05, 4.69) is 10.0 Å². The summed E-state index contributed by atoms with van der Waals surface area (Å²) in [6.07, 6.45) is 0. The average Bonchev–Trinajstić information content (AvgIpc) is 3.23. The van der Waals surface area contributed by atoms with E-state index in [1.807, 2.05) is 0 Å². The number of sulfonamides is 1. The Hall–Kier alpha value is -2.76. The largest absolute Gasteiger partial charge is 0.497 e. The second-order valence-electron chi connectivity index (χ2n) is 7.23. The fourth-order valence-corrected chi connectivity index (χ4v) is 4.78. The normalized spacial score (nSPS) is 12.3. The van der Waals surface area contributed by atoms with Crippen LogP contribution in [0, 0.1) is 5.92 Å². The van der Waals surface area contributed by atoms with Gasteiger partial charge in [-0.3, -0.25) is 14.4 Å². The molecule has 174 valence electrons. The first-order valence-corrected chi connectivity index (χ1v) is 12.0. The second kappa shape index (κ2) is 11.2. The van der Waals surface area contributed by atoms with Gasteiger partial charge in [0, 0.05) is 11.8 Å². The molecule has 0 spiro atoms. The molecule has 0 aliphatic heterocycles. The fourth-order valence-electron chi connectivity index (χ4n) is 2.58. The van der Waals surface area contributed by atoms with Crippen LogP contribution in [0.1, 0.15) is 35.3 Å². The molecule has 11 heteroatoms. The van der Waals surface area contributed by atoms with Crippen LogP contribution >= 0.6 is 11.3 Å². The lowest BCUT2D eigenvalue weighted by Gasteiger charge is -2.20. The lowest BCUT2D eigenvalue weighted by molar-refractivity contribution is -0.145. The number of carbonyl (C=O) groups is 3. The van der Waals surface area contributed by atoms with E-state index in [1.165, 1.54) is 49.6 Å². The predicted molar refractivity (Wildman–Crippen MR) is 119 cm³/mol. The second-order valence-corrected chi connectivity index (χ2v) is 10.1. The standard InChI is InChI=1S/C21H26N2O7S2/c1-13(2)20(23-32(27,28)17-8-5-15(29-4)6-9-17)21(26)30-12-18(25)19-10-7-16(31-19)11-22-14(3)24/h5-10,13,20,23H,11-12H2,1-4H3,(H,22,24)/t20-/m0/s1. The zero-order valence-corrected chi connectivity index (χ0v) is 19.8. The molecule has 0 saturated heterocycles. The van der Waals surface area contributed by atoms with Gasteiger partial charge in [-0.2, -0.15) is 4.72 Å². The minimum atomic E-state index is -4.00. The number of amides is 1. The quantitative estimate of drug-likeness (QED) is 0.371. The number of benzene rings is 1. The van der Waals surface area contributed by atoms with Crippen molar-refractivity contribution in [3.05, 3.63) is 46.2 Å². The Balaban J connectivity index is 2.00. The van der Waals surface area contributed by atoms with Gasteiger partial charge in [-0.15, -0.1) is 11.3 Å². The van der Waals surface area contributed by atoms with E-state index in [4.69, 9.17) is 9.47 Å². The maximum Gasteiger partial charge on any atom is 0.324 e. The number of hydrogen-bond donors (Lipinski definition) is 2. The van der Waals surface area contributed by atoms with Crippen LogP contribution in [0.4, 0.5) is 0 Å². The highest BCUT2D eigenvalue weighted by Gasteiger charge is 2.30. The van der Waals surface area contributed by atoms with Crippen molar-refractivity contribution in [1.29, 1.82) is 0 Å². The van der Waals surface area contributed by atoms with Crippen LogP contribution < -0.4 is 14.8 Å². The summed E-state index contributed by atoms with van der Waals surface area (Å²) in [5.74, 6) is -1.37. The van der Waals surface area contributed by atoms with Gasteiger partial charge in [-0.05, 0) is 42.3 Å². The molecule has 2 aromatic rings. The third-order valence-electron chi connectivity index (χ3n) is 4.37. The van der Waals surface area contributed by atoms with Gasteiger partial charge < -0.3 is 14.8 Å². The van der Waals surface area contributed by atoms with Crippen LogP contribution in [-0.4, -0.2) is 45.8 Å². The maximum absolute atomic E-state index is 12.7. The predicted octanol–water partition coefficient (Wildman–Crippen LogP) is 2.12. The first kappa shape index (κ1) is 25.5. The molecule has 0 saturated carbocycles. The van der Waals surface area contributed by atoms with Gasteiger partial charge in [0.1, 0.15) is 11.8 Å². The van der Waals surface area contributed by atoms with Gasteiger partial charge in [0.25, 0.3) is 0 Å². The summed E-state index contributed by atoms with van der Waals surface area (Å²) >= 11 is 1.18. The molecule has 0 aliphatic carbocycles. The summed E-state index contributed by atoms with van der Waals surface area (Å²) in [5.41, 5.74) is 0. The van der Waals surface area contributed by atoms with E-state index < -0.39 is 40.3 Å². The molecule has 0 bridgehead atoms. The highest BCUT2D eigenvalue weighted by atomic mass is 32.2. The summed E-state index contributed by atoms with van der Waals surface area (Å²) in [6, 6.07) is 7.84. The Morgan fingerprint density at radius 1 is 1.06 bits per heavy atom. The van der Waals surface area contributed by atoms with Gasteiger partial charge in [0.05, 0.1) is 23.4 Å². The van der Waals surface area contributed by atoms with Crippen LogP contribution in [0.3, 0.4) is 0 Å². The molecule has 1 atom stereocenters. The average molecular weight is 483 g/mol. The number of ketones is 1. The number of hydrogen-bond acceptors (Lipinski definition) is 8. The van der Waals surface area contributed by atoms with Crippen molar-refractivity contribution in [2.24, 2.45) is 5.92 Å². The summed E-state index contributed by atoms with van der Waals surface area (Å²) in [6.45, 7) is 4.50. The first-order chi connectivity index (χ1) is 15.0. The summed E-state index contributed by atoms with van der Waals surface area (Å²) in [7, 11) is -2.53. The number of carbonyl (C=O) groups excluding carboxylic acids is 3. The highest BCUT2D eigenvalue weighted by Crippen LogP contribution is 2.19. The smallest absolute Gasteiger partial charge is 0.324 e. The van der Waals surface area contributed by atoms with E-state index in [0.717, 1.165) is 4.88 Å². The third-order valence-corrected chi connectivity index (χ3v) is 6.95. The van der Waals surface area contributed by atoms with Crippen LogP contribution in [0.2, 0.25) is 0 Å². The number of nitrogens with one attached hydrogen (secondary N) is 2. The van der Waals surface area contributed by atoms with Gasteiger partial charge in [-0.1, -0.05) is 13.8 Å². The molecule has 0 radical (unpaired) electrons. The van der Waals surface area contributed by atoms with E-state index in [9.17, 15) is 22.8 Å². The molecule has 0 aliphatic rings. The zero-order valence-electron chi connectivity index (χ0n) is 18.2. The van der Waals surface area contributed by atoms with Crippen LogP contribution in [-0.2, 0) is 30.9 Å². The molecular weight excluding hydrogens is 456 g/mol. The summed E-state index contributed by atoms with van der Waals surface area (Å²) in [5, 5.41) is 2.64. The molecular formula is C21H26N2O7S2. The van der Waals surface area contributed by atoms with Crippen molar-refractivity contribution in [3.8, 4) is 5.75 Å². The van der Waals surface area contributed by atoms with Crippen LogP contribution in [0.15, 0.2) is 41.3 Å².